The van der Waals surface area contributed by atoms with E-state index in [0.29, 0.717) is 24.7 Å². The molecular formula is C20H26FNO3. The molecule has 0 heterocycles. The van der Waals surface area contributed by atoms with E-state index >= 15 is 0 Å². The summed E-state index contributed by atoms with van der Waals surface area (Å²) < 4.78 is 29.7. The Morgan fingerprint density at radius 2 is 1.88 bits per heavy atom. The molecule has 25 heavy (non-hydrogen) atoms. The second-order valence-electron chi connectivity index (χ2n) is 5.59. The van der Waals surface area contributed by atoms with Gasteiger partial charge < -0.3 is 19.5 Å². The van der Waals surface area contributed by atoms with Crippen LogP contribution in [0.2, 0.25) is 0 Å². The predicted molar refractivity (Wildman–Crippen MR) is 96.5 cm³/mol. The lowest BCUT2D eigenvalue weighted by molar-refractivity contribution is 0.144. The average Bonchev–Trinajstić information content (AvgIpc) is 2.64. The van der Waals surface area contributed by atoms with Crippen molar-refractivity contribution in [3.05, 3.63) is 59.4 Å². The van der Waals surface area contributed by atoms with Gasteiger partial charge in [-0.3, -0.25) is 0 Å². The summed E-state index contributed by atoms with van der Waals surface area (Å²) >= 11 is 0. The standard InChI is InChI=1S/C20H26FNO3/c1-3-24-13-5-12-22-14-17-6-4-7-19(23-2)20(17)25-15-16-8-10-18(21)11-9-16/h4,6-11,22H,3,5,12-15H2,1-2H3. The molecule has 2 aromatic carbocycles. The number of hydrogen-bond acceptors (Lipinski definition) is 4. The van der Waals surface area contributed by atoms with Crippen molar-refractivity contribution in [1.82, 2.24) is 5.32 Å². The third-order valence-corrected chi connectivity index (χ3v) is 3.74. The Bertz CT molecular complexity index is 631. The fourth-order valence-corrected chi connectivity index (χ4v) is 2.43. The molecule has 5 heteroatoms. The Balaban J connectivity index is 1.96. The van der Waals surface area contributed by atoms with Crippen LogP contribution in [0.1, 0.15) is 24.5 Å². The molecule has 0 aliphatic heterocycles. The normalized spacial score (nSPS) is 10.7. The van der Waals surface area contributed by atoms with Crippen LogP contribution in [-0.4, -0.2) is 26.9 Å². The summed E-state index contributed by atoms with van der Waals surface area (Å²) in [7, 11) is 1.62. The van der Waals surface area contributed by atoms with E-state index < -0.39 is 0 Å². The molecule has 0 saturated heterocycles. The zero-order valence-corrected chi connectivity index (χ0v) is 14.9. The molecule has 0 aliphatic rings. The van der Waals surface area contributed by atoms with Crippen molar-refractivity contribution < 1.29 is 18.6 Å². The van der Waals surface area contributed by atoms with Gasteiger partial charge in [0.15, 0.2) is 11.5 Å². The average molecular weight is 347 g/mol. The topological polar surface area (TPSA) is 39.7 Å². The van der Waals surface area contributed by atoms with Crippen LogP contribution in [0.15, 0.2) is 42.5 Å². The maximum atomic E-state index is 13.0. The second kappa shape index (κ2) is 10.7. The van der Waals surface area contributed by atoms with Gasteiger partial charge in [0.1, 0.15) is 12.4 Å². The summed E-state index contributed by atoms with van der Waals surface area (Å²) in [4.78, 5) is 0. The fourth-order valence-electron chi connectivity index (χ4n) is 2.43. The number of nitrogens with one attached hydrogen (secondary N) is 1. The van der Waals surface area contributed by atoms with Gasteiger partial charge in [-0.05, 0) is 43.7 Å². The van der Waals surface area contributed by atoms with E-state index in [0.717, 1.165) is 37.3 Å². The van der Waals surface area contributed by atoms with Crippen molar-refractivity contribution in [2.45, 2.75) is 26.5 Å². The summed E-state index contributed by atoms with van der Waals surface area (Å²) in [6, 6.07) is 12.1. The van der Waals surface area contributed by atoms with Gasteiger partial charge in [-0.15, -0.1) is 0 Å². The smallest absolute Gasteiger partial charge is 0.166 e. The van der Waals surface area contributed by atoms with E-state index in [1.165, 1.54) is 12.1 Å². The van der Waals surface area contributed by atoms with Crippen molar-refractivity contribution in [1.29, 1.82) is 0 Å². The van der Waals surface area contributed by atoms with Gasteiger partial charge in [0.2, 0.25) is 0 Å². The second-order valence-corrected chi connectivity index (χ2v) is 5.59. The first-order valence-corrected chi connectivity index (χ1v) is 8.56. The fraction of sp³-hybridized carbons (Fsp3) is 0.400. The molecule has 0 fully saturated rings. The molecular weight excluding hydrogens is 321 g/mol. The Hall–Kier alpha value is -2.11. The maximum absolute atomic E-state index is 13.0. The SMILES string of the molecule is CCOCCCNCc1cccc(OC)c1OCc1ccc(F)cc1. The first-order valence-electron chi connectivity index (χ1n) is 8.56. The molecule has 0 aromatic heterocycles. The summed E-state index contributed by atoms with van der Waals surface area (Å²) in [6.07, 6.45) is 0.962. The molecule has 136 valence electrons. The van der Waals surface area contributed by atoms with Crippen LogP contribution in [0.4, 0.5) is 4.39 Å². The number of halogens is 1. The van der Waals surface area contributed by atoms with Crippen molar-refractivity contribution >= 4 is 0 Å². The maximum Gasteiger partial charge on any atom is 0.166 e. The highest BCUT2D eigenvalue weighted by molar-refractivity contribution is 5.46. The van der Waals surface area contributed by atoms with E-state index in [2.05, 4.69) is 5.32 Å². The predicted octanol–water partition coefficient (Wildman–Crippen LogP) is 3.93. The number of hydrogen-bond donors (Lipinski definition) is 1. The summed E-state index contributed by atoms with van der Waals surface area (Å²) in [5, 5.41) is 3.39. The van der Waals surface area contributed by atoms with E-state index in [1.807, 2.05) is 25.1 Å². The molecule has 0 saturated carbocycles. The van der Waals surface area contributed by atoms with E-state index in [9.17, 15) is 4.39 Å². The highest BCUT2D eigenvalue weighted by Gasteiger charge is 2.11. The Kier molecular flexibility index (Phi) is 8.22. The summed E-state index contributed by atoms with van der Waals surface area (Å²) in [5.74, 6) is 1.15. The molecule has 2 aromatic rings. The highest BCUT2D eigenvalue weighted by Crippen LogP contribution is 2.31. The van der Waals surface area contributed by atoms with Crippen molar-refractivity contribution in [2.24, 2.45) is 0 Å². The van der Waals surface area contributed by atoms with Crippen molar-refractivity contribution in [3.8, 4) is 11.5 Å². The molecule has 0 amide bonds. The van der Waals surface area contributed by atoms with Gasteiger partial charge in [0.05, 0.1) is 7.11 Å². The van der Waals surface area contributed by atoms with Crippen LogP contribution in [0.3, 0.4) is 0 Å². The lowest BCUT2D eigenvalue weighted by Gasteiger charge is -2.16. The first kappa shape index (κ1) is 19.2. The van der Waals surface area contributed by atoms with Crippen molar-refractivity contribution in [3.63, 3.8) is 0 Å². The van der Waals surface area contributed by atoms with Gasteiger partial charge in [0.25, 0.3) is 0 Å². The third-order valence-electron chi connectivity index (χ3n) is 3.74. The minimum Gasteiger partial charge on any atom is -0.493 e. The molecule has 0 atom stereocenters. The first-order chi connectivity index (χ1) is 12.2. The van der Waals surface area contributed by atoms with Gasteiger partial charge in [-0.1, -0.05) is 24.3 Å². The lowest BCUT2D eigenvalue weighted by Crippen LogP contribution is -2.17. The Morgan fingerprint density at radius 1 is 1.08 bits per heavy atom. The molecule has 0 spiro atoms. The van der Waals surface area contributed by atoms with Crippen LogP contribution in [0, 0.1) is 5.82 Å². The van der Waals surface area contributed by atoms with Gasteiger partial charge in [-0.2, -0.15) is 0 Å². The zero-order chi connectivity index (χ0) is 17.9. The number of methoxy groups -OCH3 is 1. The van der Waals surface area contributed by atoms with Crippen molar-refractivity contribution in [2.75, 3.05) is 26.9 Å². The van der Waals surface area contributed by atoms with E-state index in [-0.39, 0.29) is 5.82 Å². The molecule has 2 rings (SSSR count). The largest absolute Gasteiger partial charge is 0.493 e. The van der Waals surface area contributed by atoms with Crippen LogP contribution < -0.4 is 14.8 Å². The minimum atomic E-state index is -0.252. The van der Waals surface area contributed by atoms with Gasteiger partial charge >= 0.3 is 0 Å². The Labute approximate surface area is 148 Å². The molecule has 0 radical (unpaired) electrons. The van der Waals surface area contributed by atoms with Crippen LogP contribution in [0.5, 0.6) is 11.5 Å². The van der Waals surface area contributed by atoms with Crippen LogP contribution in [0.25, 0.3) is 0 Å². The van der Waals surface area contributed by atoms with Gasteiger partial charge in [0, 0.05) is 25.3 Å². The number of benzene rings is 2. The highest BCUT2D eigenvalue weighted by atomic mass is 19.1. The third kappa shape index (κ3) is 6.36. The molecule has 1 N–H and O–H groups in total. The summed E-state index contributed by atoms with van der Waals surface area (Å²) in [6.45, 7) is 5.41. The van der Waals surface area contributed by atoms with Gasteiger partial charge in [-0.25, -0.2) is 4.39 Å². The quantitative estimate of drug-likeness (QED) is 0.625. The van der Waals surface area contributed by atoms with E-state index in [1.54, 1.807) is 19.2 Å². The lowest BCUT2D eigenvalue weighted by atomic mass is 10.1. The number of para-hydroxylation sites is 1. The van der Waals surface area contributed by atoms with Crippen LogP contribution in [-0.2, 0) is 17.9 Å². The minimum absolute atomic E-state index is 0.252. The molecule has 4 nitrogen and oxygen atoms in total. The number of rotatable bonds is 11. The summed E-state index contributed by atoms with van der Waals surface area (Å²) in [5.41, 5.74) is 1.93. The monoisotopic (exact) mass is 347 g/mol. The van der Waals surface area contributed by atoms with E-state index in [4.69, 9.17) is 14.2 Å². The molecule has 0 unspecified atom stereocenters. The van der Waals surface area contributed by atoms with Crippen LogP contribution >= 0.6 is 0 Å². The molecule has 0 bridgehead atoms. The molecule has 0 aliphatic carbocycles. The zero-order valence-electron chi connectivity index (χ0n) is 14.9. The Morgan fingerprint density at radius 3 is 2.60 bits per heavy atom. The number of ether oxygens (including phenoxy) is 3.